The second-order valence-corrected chi connectivity index (χ2v) is 9.71. The molecule has 2 aromatic rings. The van der Waals surface area contributed by atoms with E-state index in [9.17, 15) is 9.59 Å². The molecule has 0 bridgehead atoms. The number of aromatic nitrogens is 1. The van der Waals surface area contributed by atoms with E-state index < -0.39 is 6.04 Å². The van der Waals surface area contributed by atoms with Crippen molar-refractivity contribution in [3.63, 3.8) is 0 Å². The summed E-state index contributed by atoms with van der Waals surface area (Å²) in [6.45, 7) is 8.18. The summed E-state index contributed by atoms with van der Waals surface area (Å²) in [5.41, 5.74) is 1.91. The molecule has 4 rings (SSSR count). The maximum atomic E-state index is 12.8. The summed E-state index contributed by atoms with van der Waals surface area (Å²) in [4.78, 5) is 31.1. The van der Waals surface area contributed by atoms with Crippen molar-refractivity contribution in [2.75, 3.05) is 11.1 Å². The molecule has 26 heavy (non-hydrogen) atoms. The molecule has 0 spiro atoms. The second-order valence-electron chi connectivity index (χ2n) is 8.21. The highest BCUT2D eigenvalue weighted by atomic mass is 32.2. The van der Waals surface area contributed by atoms with Gasteiger partial charge in [-0.1, -0.05) is 20.8 Å². The molecule has 2 aliphatic heterocycles. The van der Waals surface area contributed by atoms with Gasteiger partial charge in [-0.25, -0.2) is 4.98 Å². The number of nitrogens with one attached hydrogen (secondary N) is 1. The van der Waals surface area contributed by atoms with Gasteiger partial charge in [-0.15, -0.1) is 11.8 Å². The van der Waals surface area contributed by atoms with E-state index in [4.69, 9.17) is 4.42 Å². The maximum absolute atomic E-state index is 12.8. The lowest BCUT2D eigenvalue weighted by Gasteiger charge is -2.29. The number of carbonyl (C=O) groups excluding carboxylic acids is 2. The number of carbonyl (C=O) groups is 2. The molecule has 0 aliphatic carbocycles. The zero-order valence-corrected chi connectivity index (χ0v) is 16.3. The van der Waals surface area contributed by atoms with E-state index in [1.807, 2.05) is 45.9 Å². The summed E-state index contributed by atoms with van der Waals surface area (Å²) < 4.78 is 5.80. The van der Waals surface area contributed by atoms with Crippen LogP contribution in [0.4, 0.5) is 5.69 Å². The minimum Gasteiger partial charge on any atom is -0.440 e. The third kappa shape index (κ3) is 2.78. The number of oxazole rings is 1. The van der Waals surface area contributed by atoms with E-state index in [-0.39, 0.29) is 22.1 Å². The minimum atomic E-state index is -0.418. The largest absolute Gasteiger partial charge is 0.440 e. The Morgan fingerprint density at radius 1 is 1.42 bits per heavy atom. The Morgan fingerprint density at radius 3 is 2.92 bits per heavy atom. The molecule has 3 heterocycles. The predicted molar refractivity (Wildman–Crippen MR) is 102 cm³/mol. The molecule has 138 valence electrons. The Bertz CT molecular complexity index is 901. The van der Waals surface area contributed by atoms with Crippen molar-refractivity contribution < 1.29 is 14.0 Å². The normalized spacial score (nSPS) is 25.8. The molecule has 1 aromatic heterocycles. The van der Waals surface area contributed by atoms with Gasteiger partial charge in [0, 0.05) is 23.3 Å². The van der Waals surface area contributed by atoms with Crippen molar-refractivity contribution in [3.8, 4) is 0 Å². The fourth-order valence-corrected chi connectivity index (χ4v) is 5.00. The molecule has 2 atom stereocenters. The van der Waals surface area contributed by atoms with Crippen molar-refractivity contribution in [1.29, 1.82) is 0 Å². The van der Waals surface area contributed by atoms with Crippen molar-refractivity contribution in [2.24, 2.45) is 0 Å². The van der Waals surface area contributed by atoms with E-state index >= 15 is 0 Å². The van der Waals surface area contributed by atoms with Crippen LogP contribution in [-0.4, -0.2) is 38.4 Å². The molecule has 0 saturated carbocycles. The summed E-state index contributed by atoms with van der Waals surface area (Å²) in [7, 11) is 0. The zero-order chi connectivity index (χ0) is 18.7. The molecule has 6 nitrogen and oxygen atoms in total. The van der Waals surface area contributed by atoms with Crippen molar-refractivity contribution in [1.82, 2.24) is 9.88 Å². The first-order valence-corrected chi connectivity index (χ1v) is 9.84. The second kappa shape index (κ2) is 5.74. The van der Waals surface area contributed by atoms with Crippen LogP contribution in [-0.2, 0) is 15.0 Å². The number of benzene rings is 1. The van der Waals surface area contributed by atoms with E-state index in [0.717, 1.165) is 11.9 Å². The third-order valence-corrected chi connectivity index (χ3v) is 6.55. The minimum absolute atomic E-state index is 0.0689. The van der Waals surface area contributed by atoms with Crippen LogP contribution in [0.5, 0.6) is 0 Å². The lowest BCUT2D eigenvalue weighted by atomic mass is 9.97. The molecule has 2 saturated heterocycles. The van der Waals surface area contributed by atoms with Gasteiger partial charge in [0.2, 0.25) is 17.7 Å². The summed E-state index contributed by atoms with van der Waals surface area (Å²) in [5.74, 6) is 1.23. The standard InChI is InChI=1S/C19H23N3O3S/c1-18(2,3)17-21-12-9-11(5-6-14(12)25-17)20-16(24)13-10-26-19(4)8-7-15(23)22(13)19/h5-6,9,13H,7-8,10H2,1-4H3,(H,20,24). The summed E-state index contributed by atoms with van der Waals surface area (Å²) in [5, 5.41) is 2.95. The first kappa shape index (κ1) is 17.4. The van der Waals surface area contributed by atoms with Crippen LogP contribution in [0.1, 0.15) is 46.4 Å². The monoisotopic (exact) mass is 373 g/mol. The quantitative estimate of drug-likeness (QED) is 0.872. The van der Waals surface area contributed by atoms with Gasteiger partial charge in [0.25, 0.3) is 0 Å². The molecule has 2 amide bonds. The van der Waals surface area contributed by atoms with E-state index in [2.05, 4.69) is 10.3 Å². The number of hydrogen-bond donors (Lipinski definition) is 1. The SMILES string of the molecule is CC(C)(C)c1nc2cc(NC(=O)C3CSC4(C)CCC(=O)N34)ccc2o1. The molecule has 1 N–H and O–H groups in total. The van der Waals surface area contributed by atoms with E-state index in [0.29, 0.717) is 29.3 Å². The topological polar surface area (TPSA) is 75.4 Å². The fraction of sp³-hybridized carbons (Fsp3) is 0.526. The molecular weight excluding hydrogens is 350 g/mol. The third-order valence-electron chi connectivity index (χ3n) is 5.04. The summed E-state index contributed by atoms with van der Waals surface area (Å²) >= 11 is 1.69. The van der Waals surface area contributed by atoms with Gasteiger partial charge in [-0.2, -0.15) is 0 Å². The average Bonchev–Trinajstić information content (AvgIpc) is 3.20. The summed E-state index contributed by atoms with van der Waals surface area (Å²) in [6, 6.07) is 5.03. The number of nitrogens with zero attached hydrogens (tertiary/aromatic N) is 2. The van der Waals surface area contributed by atoms with Crippen LogP contribution in [0.15, 0.2) is 22.6 Å². The molecular formula is C19H23N3O3S. The van der Waals surface area contributed by atoms with Crippen LogP contribution in [0.25, 0.3) is 11.1 Å². The number of rotatable bonds is 2. The Kier molecular flexibility index (Phi) is 3.84. The first-order chi connectivity index (χ1) is 12.2. The van der Waals surface area contributed by atoms with Gasteiger partial charge < -0.3 is 14.6 Å². The van der Waals surface area contributed by atoms with Crippen LogP contribution in [0.3, 0.4) is 0 Å². The highest BCUT2D eigenvalue weighted by Crippen LogP contribution is 2.47. The van der Waals surface area contributed by atoms with Crippen molar-refractivity contribution in [3.05, 3.63) is 24.1 Å². The Hall–Kier alpha value is -2.02. The number of thioether (sulfide) groups is 1. The van der Waals surface area contributed by atoms with Gasteiger partial charge in [0.15, 0.2) is 5.58 Å². The Morgan fingerprint density at radius 2 is 2.19 bits per heavy atom. The van der Waals surface area contributed by atoms with Crippen LogP contribution >= 0.6 is 11.8 Å². The highest BCUT2D eigenvalue weighted by Gasteiger charge is 2.52. The number of fused-ring (bicyclic) bond motifs is 2. The van der Waals surface area contributed by atoms with E-state index in [1.165, 1.54) is 0 Å². The van der Waals surface area contributed by atoms with Crippen LogP contribution in [0, 0.1) is 0 Å². The van der Waals surface area contributed by atoms with Gasteiger partial charge >= 0.3 is 0 Å². The number of anilines is 1. The molecule has 2 fully saturated rings. The molecule has 2 aliphatic rings. The molecule has 2 unspecified atom stereocenters. The Labute approximate surface area is 156 Å². The molecule has 0 radical (unpaired) electrons. The Balaban J connectivity index is 1.55. The van der Waals surface area contributed by atoms with Gasteiger partial charge in [0.05, 0.1) is 4.87 Å². The molecule has 1 aromatic carbocycles. The fourth-order valence-electron chi connectivity index (χ4n) is 3.57. The van der Waals surface area contributed by atoms with Crippen LogP contribution in [0.2, 0.25) is 0 Å². The predicted octanol–water partition coefficient (Wildman–Crippen LogP) is 3.52. The van der Waals surface area contributed by atoms with Gasteiger partial charge in [0.1, 0.15) is 11.6 Å². The lowest BCUT2D eigenvalue weighted by Crippen LogP contribution is -2.48. The maximum Gasteiger partial charge on any atom is 0.248 e. The zero-order valence-electron chi connectivity index (χ0n) is 15.5. The molecule has 7 heteroatoms. The lowest BCUT2D eigenvalue weighted by molar-refractivity contribution is -0.135. The van der Waals surface area contributed by atoms with Crippen LogP contribution < -0.4 is 5.32 Å². The average molecular weight is 373 g/mol. The summed E-state index contributed by atoms with van der Waals surface area (Å²) in [6.07, 6.45) is 1.33. The number of amides is 2. The van der Waals surface area contributed by atoms with E-state index in [1.54, 1.807) is 16.7 Å². The van der Waals surface area contributed by atoms with Crippen molar-refractivity contribution >= 4 is 40.4 Å². The first-order valence-electron chi connectivity index (χ1n) is 8.85. The highest BCUT2D eigenvalue weighted by molar-refractivity contribution is 8.01. The van der Waals surface area contributed by atoms with Crippen molar-refractivity contribution in [2.45, 2.75) is 56.9 Å². The number of hydrogen-bond acceptors (Lipinski definition) is 5. The van der Waals surface area contributed by atoms with Gasteiger partial charge in [-0.05, 0) is 31.5 Å². The van der Waals surface area contributed by atoms with Gasteiger partial charge in [-0.3, -0.25) is 9.59 Å². The smallest absolute Gasteiger partial charge is 0.248 e.